The van der Waals surface area contributed by atoms with Gasteiger partial charge in [-0.1, -0.05) is 54.6 Å². The lowest BCUT2D eigenvalue weighted by molar-refractivity contribution is -0.121. The number of aromatic amines is 1. The highest BCUT2D eigenvalue weighted by atomic mass is 16.2. The van der Waals surface area contributed by atoms with E-state index in [1.54, 1.807) is 12.3 Å². The van der Waals surface area contributed by atoms with Crippen LogP contribution in [0.25, 0.3) is 22.2 Å². The van der Waals surface area contributed by atoms with Crippen molar-refractivity contribution in [1.82, 2.24) is 10.4 Å². The Labute approximate surface area is 189 Å². The highest BCUT2D eigenvalue weighted by Crippen LogP contribution is 2.37. The molecule has 0 saturated carbocycles. The third kappa shape index (κ3) is 2.97. The van der Waals surface area contributed by atoms with Gasteiger partial charge in [-0.3, -0.25) is 9.59 Å². The van der Waals surface area contributed by atoms with Crippen LogP contribution < -0.4 is 16.5 Å². The first kappa shape index (κ1) is 19.5. The molecule has 0 saturated heterocycles. The number of carbonyl (C=O) groups excluding carboxylic acids is 2. The van der Waals surface area contributed by atoms with Crippen molar-refractivity contribution in [1.29, 1.82) is 0 Å². The number of hydrogen-bond donors (Lipinski definition) is 4. The van der Waals surface area contributed by atoms with Gasteiger partial charge in [0.1, 0.15) is 5.54 Å². The maximum atomic E-state index is 13.3. The Bertz CT molecular complexity index is 1470. The van der Waals surface area contributed by atoms with Crippen LogP contribution in [0, 0.1) is 0 Å². The minimum absolute atomic E-state index is 0.292. The summed E-state index contributed by atoms with van der Waals surface area (Å²) < 4.78 is 0. The molecule has 2 heterocycles. The van der Waals surface area contributed by atoms with E-state index in [4.69, 9.17) is 5.73 Å². The first-order valence-electron chi connectivity index (χ1n) is 10.8. The molecule has 0 fully saturated rings. The topological polar surface area (TPSA) is 112 Å². The number of hydrazone groups is 1. The van der Waals surface area contributed by atoms with Crippen molar-refractivity contribution in [3.05, 3.63) is 89.0 Å². The molecule has 1 aliphatic heterocycles. The first-order valence-corrected chi connectivity index (χ1v) is 10.8. The highest BCUT2D eigenvalue weighted by Gasteiger charge is 2.41. The zero-order valence-electron chi connectivity index (χ0n) is 17.7. The second-order valence-corrected chi connectivity index (χ2v) is 8.51. The molecule has 0 spiro atoms. The van der Waals surface area contributed by atoms with Gasteiger partial charge < -0.3 is 16.0 Å². The fourth-order valence-electron chi connectivity index (χ4n) is 4.90. The molecular formula is C26H21N5O2. The van der Waals surface area contributed by atoms with E-state index in [1.807, 2.05) is 60.7 Å². The maximum absolute atomic E-state index is 13.3. The Morgan fingerprint density at radius 1 is 1.06 bits per heavy atom. The van der Waals surface area contributed by atoms with Gasteiger partial charge in [-0.15, -0.1) is 0 Å². The van der Waals surface area contributed by atoms with Crippen molar-refractivity contribution in [3.63, 3.8) is 0 Å². The minimum atomic E-state index is -1.11. The summed E-state index contributed by atoms with van der Waals surface area (Å²) in [5, 5.41) is 7.81. The zero-order chi connectivity index (χ0) is 22.6. The summed E-state index contributed by atoms with van der Waals surface area (Å²) >= 11 is 0. The normalized spacial score (nSPS) is 18.6. The SMILES string of the molecule is NC1(C(=O)Nc2cc3c4c(c(-c5ccccc5)[nH]c4c2)C=NNC3=O)CCc2ccccc21. The molecule has 7 nitrogen and oxygen atoms in total. The number of anilines is 1. The molecule has 162 valence electrons. The largest absolute Gasteiger partial charge is 0.354 e. The lowest BCUT2D eigenvalue weighted by Crippen LogP contribution is -2.46. The average Bonchev–Trinajstić information content (AvgIpc) is 3.32. The fourth-order valence-corrected chi connectivity index (χ4v) is 4.90. The first-order chi connectivity index (χ1) is 16.0. The number of rotatable bonds is 3. The number of carbonyl (C=O) groups is 2. The molecule has 6 rings (SSSR count). The lowest BCUT2D eigenvalue weighted by atomic mass is 9.92. The van der Waals surface area contributed by atoms with E-state index in [-0.39, 0.29) is 11.8 Å². The van der Waals surface area contributed by atoms with Gasteiger partial charge in [-0.05, 0) is 41.7 Å². The predicted octanol–water partition coefficient (Wildman–Crippen LogP) is 3.65. The van der Waals surface area contributed by atoms with Crippen molar-refractivity contribution in [3.8, 4) is 11.3 Å². The third-order valence-corrected chi connectivity index (χ3v) is 6.55. The third-order valence-electron chi connectivity index (χ3n) is 6.55. The molecule has 1 atom stereocenters. The number of nitrogens with one attached hydrogen (secondary N) is 3. The van der Waals surface area contributed by atoms with Crippen molar-refractivity contribution < 1.29 is 9.59 Å². The van der Waals surface area contributed by atoms with Crippen LogP contribution in [-0.2, 0) is 16.8 Å². The smallest absolute Gasteiger partial charge is 0.272 e. The summed E-state index contributed by atoms with van der Waals surface area (Å²) in [5.41, 5.74) is 14.3. The number of aryl methyl sites for hydroxylation is 1. The summed E-state index contributed by atoms with van der Waals surface area (Å²) in [7, 11) is 0. The molecule has 2 aliphatic rings. The molecule has 1 aliphatic carbocycles. The minimum Gasteiger partial charge on any atom is -0.354 e. The monoisotopic (exact) mass is 435 g/mol. The number of fused-ring (bicyclic) bond motifs is 1. The number of nitrogens with two attached hydrogens (primary N) is 1. The van der Waals surface area contributed by atoms with Crippen LogP contribution in [0.5, 0.6) is 0 Å². The van der Waals surface area contributed by atoms with E-state index >= 15 is 0 Å². The van der Waals surface area contributed by atoms with Gasteiger partial charge in [-0.2, -0.15) is 5.10 Å². The van der Waals surface area contributed by atoms with Gasteiger partial charge in [0, 0.05) is 22.2 Å². The molecule has 33 heavy (non-hydrogen) atoms. The van der Waals surface area contributed by atoms with Crippen LogP contribution in [0.1, 0.15) is 33.5 Å². The molecule has 7 heteroatoms. The second-order valence-electron chi connectivity index (χ2n) is 8.51. The molecule has 4 aromatic rings. The van der Waals surface area contributed by atoms with Gasteiger partial charge in [0.2, 0.25) is 5.91 Å². The fraction of sp³-hybridized carbons (Fsp3) is 0.115. The number of aromatic nitrogens is 1. The molecule has 0 bridgehead atoms. The van der Waals surface area contributed by atoms with Crippen LogP contribution in [0.4, 0.5) is 5.69 Å². The average molecular weight is 435 g/mol. The van der Waals surface area contributed by atoms with E-state index in [1.165, 1.54) is 0 Å². The Morgan fingerprint density at radius 2 is 1.85 bits per heavy atom. The van der Waals surface area contributed by atoms with E-state index in [0.29, 0.717) is 17.7 Å². The standard InChI is InChI=1S/C26H21N5O2/c27-26(11-10-15-6-4-5-9-20(15)26)25(33)29-17-12-18-22-19(14-28-31-24(18)32)23(30-21(22)13-17)16-7-2-1-3-8-16/h1-9,12-14,30H,10-11,27H2,(H,29,33)(H,31,32). The number of benzene rings is 3. The summed E-state index contributed by atoms with van der Waals surface area (Å²) in [5.74, 6) is -0.627. The van der Waals surface area contributed by atoms with Gasteiger partial charge in [-0.25, -0.2) is 5.43 Å². The van der Waals surface area contributed by atoms with E-state index in [9.17, 15) is 9.59 Å². The van der Waals surface area contributed by atoms with E-state index in [0.717, 1.165) is 45.3 Å². The van der Waals surface area contributed by atoms with Crippen LogP contribution >= 0.6 is 0 Å². The Hall–Kier alpha value is -4.23. The summed E-state index contributed by atoms with van der Waals surface area (Å²) in [6.45, 7) is 0. The van der Waals surface area contributed by atoms with Crippen LogP contribution in [-0.4, -0.2) is 23.0 Å². The predicted molar refractivity (Wildman–Crippen MR) is 128 cm³/mol. The van der Waals surface area contributed by atoms with Crippen LogP contribution in [0.2, 0.25) is 0 Å². The maximum Gasteiger partial charge on any atom is 0.272 e. The van der Waals surface area contributed by atoms with Gasteiger partial charge in [0.25, 0.3) is 5.91 Å². The van der Waals surface area contributed by atoms with Crippen molar-refractivity contribution in [2.24, 2.45) is 10.8 Å². The Morgan fingerprint density at radius 3 is 2.70 bits per heavy atom. The quantitative estimate of drug-likeness (QED) is 0.394. The van der Waals surface area contributed by atoms with E-state index < -0.39 is 5.54 Å². The second kappa shape index (κ2) is 7.15. The number of hydrogen-bond acceptors (Lipinski definition) is 4. The highest BCUT2D eigenvalue weighted by molar-refractivity contribution is 6.18. The molecule has 5 N–H and O–H groups in total. The number of amides is 2. The Kier molecular flexibility index (Phi) is 4.21. The van der Waals surface area contributed by atoms with Crippen LogP contribution in [0.15, 0.2) is 71.8 Å². The molecule has 1 unspecified atom stereocenters. The van der Waals surface area contributed by atoms with E-state index in [2.05, 4.69) is 20.8 Å². The van der Waals surface area contributed by atoms with Crippen LogP contribution in [0.3, 0.4) is 0 Å². The lowest BCUT2D eigenvalue weighted by Gasteiger charge is -2.24. The molecule has 2 amide bonds. The molecular weight excluding hydrogens is 414 g/mol. The van der Waals surface area contributed by atoms with Crippen molar-refractivity contribution in [2.45, 2.75) is 18.4 Å². The van der Waals surface area contributed by atoms with Gasteiger partial charge in [0.15, 0.2) is 0 Å². The number of H-pyrrole nitrogens is 1. The summed E-state index contributed by atoms with van der Waals surface area (Å²) in [6.07, 6.45) is 2.94. The molecule has 3 aromatic carbocycles. The van der Waals surface area contributed by atoms with Gasteiger partial charge in [0.05, 0.1) is 17.5 Å². The van der Waals surface area contributed by atoms with Crippen molar-refractivity contribution >= 4 is 34.6 Å². The number of nitrogens with zero attached hydrogens (tertiary/aromatic N) is 1. The molecule has 1 aromatic heterocycles. The van der Waals surface area contributed by atoms with Gasteiger partial charge >= 0.3 is 0 Å². The zero-order valence-corrected chi connectivity index (χ0v) is 17.7. The summed E-state index contributed by atoms with van der Waals surface area (Å²) in [4.78, 5) is 29.5. The summed E-state index contributed by atoms with van der Waals surface area (Å²) in [6, 6.07) is 21.1. The Balaban J connectivity index is 1.45. The van der Waals surface area contributed by atoms with Crippen molar-refractivity contribution in [2.75, 3.05) is 5.32 Å². The molecule has 0 radical (unpaired) electrons.